The Bertz CT molecular complexity index is 411. The maximum absolute atomic E-state index is 12.6. The maximum Gasteiger partial charge on any atom is 0.247 e. The van der Waals surface area contributed by atoms with Gasteiger partial charge in [-0.25, -0.2) is 4.39 Å². The van der Waals surface area contributed by atoms with Crippen molar-refractivity contribution in [1.29, 1.82) is 0 Å². The van der Waals surface area contributed by atoms with Crippen molar-refractivity contribution in [2.45, 2.75) is 6.61 Å². The van der Waals surface area contributed by atoms with Gasteiger partial charge in [0.1, 0.15) is 12.4 Å². The SMILES string of the molecule is NC(=S)NCNC(=O)COCc1ccc(F)cc1. The van der Waals surface area contributed by atoms with Crippen LogP contribution in [0, 0.1) is 5.82 Å². The van der Waals surface area contributed by atoms with E-state index in [2.05, 4.69) is 22.9 Å². The van der Waals surface area contributed by atoms with Crippen LogP contribution in [0.25, 0.3) is 0 Å². The van der Waals surface area contributed by atoms with Crippen LogP contribution in [-0.4, -0.2) is 24.3 Å². The predicted octanol–water partition coefficient (Wildman–Crippen LogP) is 0.249. The number of carbonyl (C=O) groups excluding carboxylic acids is 1. The zero-order chi connectivity index (χ0) is 13.4. The fourth-order valence-corrected chi connectivity index (χ4v) is 1.20. The Labute approximate surface area is 109 Å². The topological polar surface area (TPSA) is 76.4 Å². The fourth-order valence-electron chi connectivity index (χ4n) is 1.12. The summed E-state index contributed by atoms with van der Waals surface area (Å²) in [6, 6.07) is 5.87. The molecule has 98 valence electrons. The van der Waals surface area contributed by atoms with Crippen molar-refractivity contribution < 1.29 is 13.9 Å². The van der Waals surface area contributed by atoms with E-state index in [0.717, 1.165) is 5.56 Å². The van der Waals surface area contributed by atoms with Crippen molar-refractivity contribution in [1.82, 2.24) is 10.6 Å². The molecule has 0 atom stereocenters. The first-order valence-corrected chi connectivity index (χ1v) is 5.61. The van der Waals surface area contributed by atoms with E-state index < -0.39 is 0 Å². The summed E-state index contributed by atoms with van der Waals surface area (Å²) >= 11 is 4.56. The van der Waals surface area contributed by atoms with E-state index in [4.69, 9.17) is 10.5 Å². The lowest BCUT2D eigenvalue weighted by molar-refractivity contribution is -0.126. The summed E-state index contributed by atoms with van der Waals surface area (Å²) in [5, 5.41) is 5.19. The molecule has 0 heterocycles. The van der Waals surface area contributed by atoms with Crippen LogP contribution in [0.5, 0.6) is 0 Å². The van der Waals surface area contributed by atoms with Crippen molar-refractivity contribution >= 4 is 23.2 Å². The van der Waals surface area contributed by atoms with Gasteiger partial charge in [-0.05, 0) is 29.9 Å². The molecule has 0 bridgehead atoms. The Kier molecular flexibility index (Phi) is 6.03. The molecule has 1 amide bonds. The van der Waals surface area contributed by atoms with Crippen molar-refractivity contribution in [2.24, 2.45) is 5.73 Å². The van der Waals surface area contributed by atoms with Gasteiger partial charge in [-0.3, -0.25) is 4.79 Å². The van der Waals surface area contributed by atoms with Gasteiger partial charge in [-0.15, -0.1) is 0 Å². The summed E-state index contributed by atoms with van der Waals surface area (Å²) in [4.78, 5) is 11.2. The van der Waals surface area contributed by atoms with Gasteiger partial charge in [0, 0.05) is 0 Å². The number of benzene rings is 1. The predicted molar refractivity (Wildman–Crippen MR) is 69.0 cm³/mol. The highest BCUT2D eigenvalue weighted by Gasteiger charge is 2.01. The molecule has 5 nitrogen and oxygen atoms in total. The molecule has 0 radical (unpaired) electrons. The summed E-state index contributed by atoms with van der Waals surface area (Å²) in [5.41, 5.74) is 5.97. The Morgan fingerprint density at radius 3 is 2.61 bits per heavy atom. The molecule has 0 saturated heterocycles. The first-order valence-electron chi connectivity index (χ1n) is 5.20. The molecule has 0 spiro atoms. The summed E-state index contributed by atoms with van der Waals surface area (Å²) < 4.78 is 17.8. The monoisotopic (exact) mass is 271 g/mol. The number of carbonyl (C=O) groups is 1. The number of thiocarbonyl (C=S) groups is 1. The van der Waals surface area contributed by atoms with Gasteiger partial charge >= 0.3 is 0 Å². The molecular formula is C11H14FN3O2S. The lowest BCUT2D eigenvalue weighted by Crippen LogP contribution is -2.40. The molecule has 1 aromatic carbocycles. The first kappa shape index (κ1) is 14.3. The van der Waals surface area contributed by atoms with Gasteiger partial charge in [-0.2, -0.15) is 0 Å². The van der Waals surface area contributed by atoms with Crippen molar-refractivity contribution in [3.63, 3.8) is 0 Å². The van der Waals surface area contributed by atoms with Gasteiger partial charge in [0.2, 0.25) is 5.91 Å². The van der Waals surface area contributed by atoms with E-state index in [1.807, 2.05) is 0 Å². The normalized spacial score (nSPS) is 9.83. The average Bonchev–Trinajstić information content (AvgIpc) is 2.31. The van der Waals surface area contributed by atoms with E-state index in [1.54, 1.807) is 12.1 Å². The molecule has 0 aliphatic rings. The number of hydrogen-bond acceptors (Lipinski definition) is 3. The van der Waals surface area contributed by atoms with E-state index in [1.165, 1.54) is 12.1 Å². The number of rotatable bonds is 6. The molecule has 0 aromatic heterocycles. The second-order valence-corrected chi connectivity index (χ2v) is 3.88. The highest BCUT2D eigenvalue weighted by atomic mass is 32.1. The number of nitrogens with one attached hydrogen (secondary N) is 2. The molecule has 1 aromatic rings. The van der Waals surface area contributed by atoms with E-state index >= 15 is 0 Å². The smallest absolute Gasteiger partial charge is 0.247 e. The zero-order valence-corrected chi connectivity index (χ0v) is 10.4. The van der Waals surface area contributed by atoms with Crippen LogP contribution < -0.4 is 16.4 Å². The number of ether oxygens (including phenoxy) is 1. The summed E-state index contributed by atoms with van der Waals surface area (Å²) in [6.07, 6.45) is 0. The molecule has 0 aliphatic carbocycles. The van der Waals surface area contributed by atoms with Gasteiger partial charge in [0.05, 0.1) is 13.3 Å². The Morgan fingerprint density at radius 1 is 1.33 bits per heavy atom. The lowest BCUT2D eigenvalue weighted by atomic mass is 10.2. The Morgan fingerprint density at radius 2 is 2.00 bits per heavy atom. The van der Waals surface area contributed by atoms with Crippen LogP contribution in [-0.2, 0) is 16.1 Å². The number of nitrogens with two attached hydrogens (primary N) is 1. The minimum atomic E-state index is -0.305. The van der Waals surface area contributed by atoms with Gasteiger partial charge < -0.3 is 21.1 Å². The Balaban J connectivity index is 2.15. The van der Waals surface area contributed by atoms with Crippen molar-refractivity contribution in [3.05, 3.63) is 35.6 Å². The third kappa shape index (κ3) is 6.12. The van der Waals surface area contributed by atoms with Crippen LogP contribution >= 0.6 is 12.2 Å². The molecule has 0 saturated carbocycles. The van der Waals surface area contributed by atoms with Crippen LogP contribution in [0.1, 0.15) is 5.56 Å². The van der Waals surface area contributed by atoms with Gasteiger partial charge in [-0.1, -0.05) is 12.1 Å². The van der Waals surface area contributed by atoms with Gasteiger partial charge in [0.25, 0.3) is 0 Å². The molecule has 7 heteroatoms. The molecule has 0 unspecified atom stereocenters. The second-order valence-electron chi connectivity index (χ2n) is 3.44. The van der Waals surface area contributed by atoms with E-state index in [0.29, 0.717) is 0 Å². The average molecular weight is 271 g/mol. The standard InChI is InChI=1S/C11H14FN3O2S/c12-9-3-1-8(2-4-9)5-17-6-10(16)14-7-15-11(13)18/h1-4H,5-7H2,(H,14,16)(H3,13,15,18). The Hall–Kier alpha value is -1.73. The summed E-state index contributed by atoms with van der Waals surface area (Å²) in [5.74, 6) is -0.596. The molecule has 0 aliphatic heterocycles. The minimum absolute atomic E-state index is 0.0869. The second kappa shape index (κ2) is 7.57. The first-order chi connectivity index (χ1) is 8.58. The highest BCUT2D eigenvalue weighted by Crippen LogP contribution is 2.03. The molecule has 0 fully saturated rings. The third-order valence-electron chi connectivity index (χ3n) is 1.96. The highest BCUT2D eigenvalue weighted by molar-refractivity contribution is 7.80. The number of halogens is 1. The summed E-state index contributed by atoms with van der Waals surface area (Å²) in [6.45, 7) is 0.320. The zero-order valence-electron chi connectivity index (χ0n) is 9.61. The fraction of sp³-hybridized carbons (Fsp3) is 0.273. The largest absolute Gasteiger partial charge is 0.376 e. The van der Waals surface area contributed by atoms with Crippen molar-refractivity contribution in [2.75, 3.05) is 13.3 Å². The maximum atomic E-state index is 12.6. The third-order valence-corrected chi connectivity index (χ3v) is 2.11. The number of amides is 1. The molecule has 1 rings (SSSR count). The van der Waals surface area contributed by atoms with E-state index in [-0.39, 0.29) is 36.7 Å². The van der Waals surface area contributed by atoms with E-state index in [9.17, 15) is 9.18 Å². The summed E-state index contributed by atoms with van der Waals surface area (Å²) in [7, 11) is 0. The van der Waals surface area contributed by atoms with Gasteiger partial charge in [0.15, 0.2) is 5.11 Å². The van der Waals surface area contributed by atoms with Crippen LogP contribution in [0.15, 0.2) is 24.3 Å². The molecule has 4 N–H and O–H groups in total. The number of hydrogen-bond donors (Lipinski definition) is 3. The minimum Gasteiger partial charge on any atom is -0.376 e. The van der Waals surface area contributed by atoms with Crippen LogP contribution in [0.4, 0.5) is 4.39 Å². The van der Waals surface area contributed by atoms with Crippen LogP contribution in [0.2, 0.25) is 0 Å². The molecule has 18 heavy (non-hydrogen) atoms. The van der Waals surface area contributed by atoms with Crippen molar-refractivity contribution in [3.8, 4) is 0 Å². The quantitative estimate of drug-likeness (QED) is 0.511. The van der Waals surface area contributed by atoms with Crippen LogP contribution in [0.3, 0.4) is 0 Å². The lowest BCUT2D eigenvalue weighted by Gasteiger charge is -2.07. The molecular weight excluding hydrogens is 257 g/mol.